The predicted octanol–water partition coefficient (Wildman–Crippen LogP) is 1.37. The van der Waals surface area contributed by atoms with Crippen LogP contribution in [-0.2, 0) is 13.0 Å². The van der Waals surface area contributed by atoms with Gasteiger partial charge in [-0.1, -0.05) is 0 Å². The smallest absolute Gasteiger partial charge is 0.138 e. The summed E-state index contributed by atoms with van der Waals surface area (Å²) in [6.07, 6.45) is 7.92. The second-order valence-electron chi connectivity index (χ2n) is 4.18. The lowest BCUT2D eigenvalue weighted by Gasteiger charge is -2.03. The Labute approximate surface area is 91.1 Å². The van der Waals surface area contributed by atoms with Crippen LogP contribution in [0.25, 0.3) is 0 Å². The van der Waals surface area contributed by atoms with Crippen molar-refractivity contribution in [2.24, 2.45) is 0 Å². The molecular formula is C11H20N4. The highest BCUT2D eigenvalue weighted by molar-refractivity contribution is 4.85. The number of hydrogen-bond donors (Lipinski definition) is 1. The molecule has 1 aliphatic rings. The second-order valence-corrected chi connectivity index (χ2v) is 4.18. The summed E-state index contributed by atoms with van der Waals surface area (Å²) in [6, 6.07) is 0.837. The minimum absolute atomic E-state index is 0.837. The third-order valence-corrected chi connectivity index (χ3v) is 2.83. The second kappa shape index (κ2) is 5.26. The van der Waals surface area contributed by atoms with Crippen molar-refractivity contribution in [1.82, 2.24) is 20.1 Å². The van der Waals surface area contributed by atoms with E-state index >= 15 is 0 Å². The Balaban J connectivity index is 1.59. The van der Waals surface area contributed by atoms with E-state index < -0.39 is 0 Å². The van der Waals surface area contributed by atoms with Gasteiger partial charge in [0, 0.05) is 19.0 Å². The first-order valence-electron chi connectivity index (χ1n) is 6.00. The van der Waals surface area contributed by atoms with E-state index in [1.807, 2.05) is 4.68 Å². The summed E-state index contributed by atoms with van der Waals surface area (Å²) in [5.41, 5.74) is 0. The van der Waals surface area contributed by atoms with E-state index in [2.05, 4.69) is 22.3 Å². The lowest BCUT2D eigenvalue weighted by molar-refractivity contribution is 0.574. The topological polar surface area (TPSA) is 42.7 Å². The van der Waals surface area contributed by atoms with Gasteiger partial charge in [0.25, 0.3) is 0 Å². The Morgan fingerprint density at radius 2 is 2.33 bits per heavy atom. The standard InChI is InChI=1S/C11H20N4/c1-2-15-11(13-9-14-15)5-3-4-8-12-10-6-7-10/h9-10,12H,2-8H2,1H3. The van der Waals surface area contributed by atoms with E-state index in [4.69, 9.17) is 0 Å². The predicted molar refractivity (Wildman–Crippen MR) is 59.7 cm³/mol. The molecule has 0 unspecified atom stereocenters. The van der Waals surface area contributed by atoms with Gasteiger partial charge in [-0.3, -0.25) is 4.68 Å². The van der Waals surface area contributed by atoms with Gasteiger partial charge in [0.05, 0.1) is 0 Å². The van der Waals surface area contributed by atoms with Gasteiger partial charge >= 0.3 is 0 Å². The molecule has 0 spiro atoms. The maximum absolute atomic E-state index is 4.26. The molecule has 1 aliphatic carbocycles. The zero-order valence-corrected chi connectivity index (χ0v) is 9.45. The van der Waals surface area contributed by atoms with Crippen LogP contribution in [0.4, 0.5) is 0 Å². The number of aromatic nitrogens is 3. The van der Waals surface area contributed by atoms with Crippen molar-refractivity contribution in [1.29, 1.82) is 0 Å². The molecule has 2 rings (SSSR count). The number of aryl methyl sites for hydroxylation is 2. The van der Waals surface area contributed by atoms with Crippen LogP contribution in [0, 0.1) is 0 Å². The third-order valence-electron chi connectivity index (χ3n) is 2.83. The Bertz CT molecular complexity index is 291. The van der Waals surface area contributed by atoms with Gasteiger partial charge in [-0.2, -0.15) is 5.10 Å². The van der Waals surface area contributed by atoms with Crippen molar-refractivity contribution in [3.63, 3.8) is 0 Å². The molecule has 0 radical (unpaired) electrons. The Kier molecular flexibility index (Phi) is 3.72. The van der Waals surface area contributed by atoms with Crippen LogP contribution in [-0.4, -0.2) is 27.4 Å². The molecule has 1 saturated carbocycles. The van der Waals surface area contributed by atoms with E-state index in [0.29, 0.717) is 0 Å². The van der Waals surface area contributed by atoms with Crippen molar-refractivity contribution in [3.05, 3.63) is 12.2 Å². The molecule has 1 aromatic rings. The number of unbranched alkanes of at least 4 members (excludes halogenated alkanes) is 1. The normalized spacial score (nSPS) is 15.8. The molecule has 4 heteroatoms. The van der Waals surface area contributed by atoms with Gasteiger partial charge in [0.2, 0.25) is 0 Å². The maximum Gasteiger partial charge on any atom is 0.138 e. The van der Waals surface area contributed by atoms with Crippen LogP contribution in [0.15, 0.2) is 6.33 Å². The fourth-order valence-corrected chi connectivity index (χ4v) is 1.75. The zero-order chi connectivity index (χ0) is 10.5. The summed E-state index contributed by atoms with van der Waals surface area (Å²) in [5, 5.41) is 7.68. The van der Waals surface area contributed by atoms with Crippen molar-refractivity contribution in [2.45, 2.75) is 51.6 Å². The number of nitrogens with one attached hydrogen (secondary N) is 1. The highest BCUT2D eigenvalue weighted by Crippen LogP contribution is 2.18. The first-order valence-corrected chi connectivity index (χ1v) is 6.00. The molecule has 0 atom stereocenters. The Morgan fingerprint density at radius 3 is 3.07 bits per heavy atom. The summed E-state index contributed by atoms with van der Waals surface area (Å²) < 4.78 is 1.98. The van der Waals surface area contributed by atoms with Gasteiger partial charge in [0.1, 0.15) is 12.2 Å². The van der Waals surface area contributed by atoms with Crippen LogP contribution in [0.1, 0.15) is 38.4 Å². The van der Waals surface area contributed by atoms with Crippen LogP contribution in [0.3, 0.4) is 0 Å². The molecule has 1 aromatic heterocycles. The van der Waals surface area contributed by atoms with Crippen molar-refractivity contribution in [3.8, 4) is 0 Å². The van der Waals surface area contributed by atoms with Gasteiger partial charge in [0.15, 0.2) is 0 Å². The minimum atomic E-state index is 0.837. The molecule has 1 fully saturated rings. The fourth-order valence-electron chi connectivity index (χ4n) is 1.75. The quantitative estimate of drug-likeness (QED) is 0.688. The summed E-state index contributed by atoms with van der Waals surface area (Å²) >= 11 is 0. The summed E-state index contributed by atoms with van der Waals surface area (Å²) in [7, 11) is 0. The van der Waals surface area contributed by atoms with Gasteiger partial charge in [-0.15, -0.1) is 0 Å². The first kappa shape index (κ1) is 10.6. The lowest BCUT2D eigenvalue weighted by Crippen LogP contribution is -2.17. The van der Waals surface area contributed by atoms with Crippen molar-refractivity contribution >= 4 is 0 Å². The van der Waals surface area contributed by atoms with Gasteiger partial charge in [-0.25, -0.2) is 4.98 Å². The Morgan fingerprint density at radius 1 is 1.47 bits per heavy atom. The number of nitrogens with zero attached hydrogens (tertiary/aromatic N) is 3. The Hall–Kier alpha value is -0.900. The lowest BCUT2D eigenvalue weighted by atomic mass is 10.2. The highest BCUT2D eigenvalue weighted by Gasteiger charge is 2.19. The monoisotopic (exact) mass is 208 g/mol. The molecule has 1 N–H and O–H groups in total. The van der Waals surface area contributed by atoms with E-state index in [0.717, 1.165) is 31.4 Å². The molecule has 0 amide bonds. The fraction of sp³-hybridized carbons (Fsp3) is 0.818. The summed E-state index contributed by atoms with van der Waals surface area (Å²) in [5.74, 6) is 1.13. The largest absolute Gasteiger partial charge is 0.314 e. The van der Waals surface area contributed by atoms with Crippen LogP contribution < -0.4 is 5.32 Å². The van der Waals surface area contributed by atoms with Crippen molar-refractivity contribution in [2.75, 3.05) is 6.54 Å². The molecule has 0 aromatic carbocycles. The number of rotatable bonds is 7. The van der Waals surface area contributed by atoms with E-state index in [9.17, 15) is 0 Å². The molecule has 0 saturated heterocycles. The van der Waals surface area contributed by atoms with Crippen LogP contribution in [0.5, 0.6) is 0 Å². The zero-order valence-electron chi connectivity index (χ0n) is 9.45. The molecular weight excluding hydrogens is 188 g/mol. The molecule has 1 heterocycles. The maximum atomic E-state index is 4.26. The van der Waals surface area contributed by atoms with Gasteiger partial charge in [-0.05, 0) is 39.2 Å². The SMILES string of the molecule is CCn1ncnc1CCCCNC1CC1. The van der Waals surface area contributed by atoms with Crippen molar-refractivity contribution < 1.29 is 0 Å². The summed E-state index contributed by atoms with van der Waals surface area (Å²) in [6.45, 7) is 4.19. The summed E-state index contributed by atoms with van der Waals surface area (Å²) in [4.78, 5) is 4.26. The molecule has 0 bridgehead atoms. The van der Waals surface area contributed by atoms with E-state index in [1.165, 1.54) is 25.7 Å². The third kappa shape index (κ3) is 3.30. The number of hydrogen-bond acceptors (Lipinski definition) is 3. The van der Waals surface area contributed by atoms with Crippen LogP contribution >= 0.6 is 0 Å². The highest BCUT2D eigenvalue weighted by atomic mass is 15.3. The van der Waals surface area contributed by atoms with Crippen LogP contribution in [0.2, 0.25) is 0 Å². The van der Waals surface area contributed by atoms with E-state index in [1.54, 1.807) is 6.33 Å². The van der Waals surface area contributed by atoms with Gasteiger partial charge < -0.3 is 5.32 Å². The molecule has 0 aliphatic heterocycles. The average Bonchev–Trinajstić information content (AvgIpc) is 2.96. The first-order chi connectivity index (χ1) is 7.40. The molecule has 4 nitrogen and oxygen atoms in total. The minimum Gasteiger partial charge on any atom is -0.314 e. The average molecular weight is 208 g/mol. The molecule has 84 valence electrons. The molecule has 15 heavy (non-hydrogen) atoms. The van der Waals surface area contributed by atoms with E-state index in [-0.39, 0.29) is 0 Å².